The lowest BCUT2D eigenvalue weighted by Gasteiger charge is -2.15. The molecule has 0 aliphatic rings. The Balaban J connectivity index is 1.09. The van der Waals surface area contributed by atoms with Gasteiger partial charge in [0.1, 0.15) is 0 Å². The van der Waals surface area contributed by atoms with Gasteiger partial charge in [0.05, 0.1) is 11.0 Å². The van der Waals surface area contributed by atoms with E-state index in [1.807, 2.05) is 0 Å². The molecule has 2 nitrogen and oxygen atoms in total. The van der Waals surface area contributed by atoms with Gasteiger partial charge in [0.15, 0.2) is 0 Å². The van der Waals surface area contributed by atoms with E-state index in [0.29, 0.717) is 0 Å². The monoisotopic (exact) mass is 648 g/mol. The summed E-state index contributed by atoms with van der Waals surface area (Å²) >= 11 is 0. The second-order valence-electron chi connectivity index (χ2n) is 13.7. The molecule has 0 radical (unpaired) electrons. The molecule has 0 saturated heterocycles. The highest BCUT2D eigenvalue weighted by molar-refractivity contribution is 6.26. The zero-order valence-electron chi connectivity index (χ0n) is 27.9. The van der Waals surface area contributed by atoms with Crippen molar-refractivity contribution in [3.63, 3.8) is 0 Å². The fourth-order valence-corrected chi connectivity index (χ4v) is 8.74. The first-order chi connectivity index (χ1) is 25.3. The molecule has 11 rings (SSSR count). The summed E-state index contributed by atoms with van der Waals surface area (Å²) in [4.78, 5) is 0. The van der Waals surface area contributed by atoms with Gasteiger partial charge in [-0.3, -0.25) is 0 Å². The molecule has 0 aliphatic heterocycles. The first-order valence-corrected chi connectivity index (χ1v) is 17.7. The minimum atomic E-state index is 0.786. The second-order valence-corrected chi connectivity index (χ2v) is 13.7. The third-order valence-corrected chi connectivity index (χ3v) is 11.0. The summed E-state index contributed by atoms with van der Waals surface area (Å²) in [7, 11) is 0. The Morgan fingerprint density at radius 2 is 0.765 bits per heavy atom. The van der Waals surface area contributed by atoms with Crippen molar-refractivity contribution in [1.82, 2.24) is 9.13 Å². The molecule has 0 amide bonds. The zero-order valence-corrected chi connectivity index (χ0v) is 27.9. The van der Waals surface area contributed by atoms with E-state index >= 15 is 0 Å². The lowest BCUT2D eigenvalue weighted by atomic mass is 9.91. The van der Waals surface area contributed by atoms with Crippen LogP contribution in [-0.4, -0.2) is 9.13 Å². The van der Waals surface area contributed by atoms with Crippen molar-refractivity contribution in [3.8, 4) is 16.8 Å². The Labute approximate surface area is 295 Å². The highest BCUT2D eigenvalue weighted by atomic mass is 15.0. The van der Waals surface area contributed by atoms with Gasteiger partial charge in [-0.15, -0.1) is 0 Å². The molecule has 0 bridgehead atoms. The molecule has 0 spiro atoms. The van der Waals surface area contributed by atoms with Crippen LogP contribution in [0, 0.1) is 0 Å². The highest BCUT2D eigenvalue weighted by Gasteiger charge is 2.17. The maximum atomic E-state index is 2.52. The van der Waals surface area contributed by atoms with Gasteiger partial charge in [0.2, 0.25) is 0 Å². The number of aromatic nitrogens is 2. The van der Waals surface area contributed by atoms with E-state index in [4.69, 9.17) is 0 Å². The van der Waals surface area contributed by atoms with E-state index < -0.39 is 0 Å². The number of nitrogens with zero attached hydrogens (tertiary/aromatic N) is 2. The van der Waals surface area contributed by atoms with Crippen molar-refractivity contribution in [2.24, 2.45) is 0 Å². The summed E-state index contributed by atoms with van der Waals surface area (Å²) in [6, 6.07) is 66.9. The van der Waals surface area contributed by atoms with Crippen molar-refractivity contribution in [3.05, 3.63) is 188 Å². The topological polar surface area (TPSA) is 9.86 Å². The van der Waals surface area contributed by atoms with Gasteiger partial charge in [-0.25, -0.2) is 0 Å². The molecule has 0 fully saturated rings. The van der Waals surface area contributed by atoms with Gasteiger partial charge in [0, 0.05) is 44.8 Å². The van der Waals surface area contributed by atoms with Crippen molar-refractivity contribution in [1.29, 1.82) is 0 Å². The summed E-state index contributed by atoms with van der Waals surface area (Å²) < 4.78 is 4.90. The van der Waals surface area contributed by atoms with Crippen LogP contribution in [0.5, 0.6) is 0 Å². The fraction of sp³-hybridized carbons (Fsp3) is 0.0204. The van der Waals surface area contributed by atoms with Crippen LogP contribution in [0.4, 0.5) is 0 Å². The minimum absolute atomic E-state index is 0.786. The molecule has 0 unspecified atom stereocenters. The first-order valence-electron chi connectivity index (χ1n) is 17.7. The third-order valence-electron chi connectivity index (χ3n) is 11.0. The molecule has 2 heteroatoms. The van der Waals surface area contributed by atoms with Gasteiger partial charge in [-0.2, -0.15) is 0 Å². The van der Waals surface area contributed by atoms with Gasteiger partial charge in [-0.05, 0) is 97.5 Å². The fourth-order valence-electron chi connectivity index (χ4n) is 8.74. The molecule has 2 aromatic heterocycles. The highest BCUT2D eigenvalue weighted by Crippen LogP contribution is 2.40. The summed E-state index contributed by atoms with van der Waals surface area (Å²) in [5.74, 6) is 0. The second kappa shape index (κ2) is 10.9. The van der Waals surface area contributed by atoms with Crippen LogP contribution < -0.4 is 0 Å². The molecular weight excluding hydrogens is 617 g/mol. The Bertz CT molecular complexity index is 3120. The first kappa shape index (κ1) is 28.2. The van der Waals surface area contributed by atoms with Crippen LogP contribution in [-0.2, 0) is 6.54 Å². The van der Waals surface area contributed by atoms with E-state index in [0.717, 1.165) is 6.54 Å². The molecule has 9 aromatic carbocycles. The smallest absolute Gasteiger partial charge is 0.0541 e. The Kier molecular flexibility index (Phi) is 6.05. The maximum absolute atomic E-state index is 2.52. The standard InChI is InChI=1S/C49H32N2/c1-2-14-35(15-3-1)51-47-24-11-9-20-40(47)44-30-33(26-28-48(44)51)32-25-27-46-43(29-32)39-19-8-10-23-45(39)50(46)31-34-13-12-22-42-38-17-5-4-16-36(38)37-18-6-7-21-41(37)49(34)42/h1-30H,31H2. The minimum Gasteiger partial charge on any atom is -0.336 e. The van der Waals surface area contributed by atoms with Gasteiger partial charge >= 0.3 is 0 Å². The number of rotatable bonds is 4. The largest absolute Gasteiger partial charge is 0.336 e. The van der Waals surface area contributed by atoms with Crippen LogP contribution in [0.1, 0.15) is 5.56 Å². The van der Waals surface area contributed by atoms with Crippen LogP contribution in [0.2, 0.25) is 0 Å². The van der Waals surface area contributed by atoms with E-state index in [2.05, 4.69) is 191 Å². The van der Waals surface area contributed by atoms with Gasteiger partial charge < -0.3 is 9.13 Å². The Hall–Kier alpha value is -6.64. The number of hydrogen-bond acceptors (Lipinski definition) is 0. The summed E-state index contributed by atoms with van der Waals surface area (Å²) in [6.07, 6.45) is 0. The summed E-state index contributed by atoms with van der Waals surface area (Å²) in [5.41, 5.74) is 9.93. The van der Waals surface area contributed by atoms with Gasteiger partial charge in [0.25, 0.3) is 0 Å². The Morgan fingerprint density at radius 1 is 0.314 bits per heavy atom. The number of para-hydroxylation sites is 3. The maximum Gasteiger partial charge on any atom is 0.0541 e. The van der Waals surface area contributed by atoms with E-state index in [1.165, 1.54) is 98.3 Å². The molecule has 0 aliphatic carbocycles. The lowest BCUT2D eigenvalue weighted by molar-refractivity contribution is 0.877. The average Bonchev–Trinajstić information content (AvgIpc) is 3.70. The van der Waals surface area contributed by atoms with Crippen molar-refractivity contribution in [2.75, 3.05) is 0 Å². The van der Waals surface area contributed by atoms with Crippen LogP contribution in [0.25, 0.3) is 92.7 Å². The molecule has 2 heterocycles. The SMILES string of the molecule is c1ccc(-n2c3ccccc3c3cc(-c4ccc5c(c4)c4ccccc4n5Cc4cccc5c6ccccc6c6ccccc6c45)ccc32)cc1. The molecule has 11 aromatic rings. The predicted octanol–water partition coefficient (Wildman–Crippen LogP) is 13.1. The number of benzene rings is 9. The van der Waals surface area contributed by atoms with Crippen LogP contribution in [0.15, 0.2) is 182 Å². The van der Waals surface area contributed by atoms with Crippen LogP contribution >= 0.6 is 0 Å². The van der Waals surface area contributed by atoms with E-state index in [9.17, 15) is 0 Å². The van der Waals surface area contributed by atoms with Crippen molar-refractivity contribution >= 4 is 75.9 Å². The van der Waals surface area contributed by atoms with Crippen molar-refractivity contribution in [2.45, 2.75) is 6.54 Å². The molecular formula is C49H32N2. The number of fused-ring (bicyclic) bond motifs is 12. The van der Waals surface area contributed by atoms with E-state index in [1.54, 1.807) is 0 Å². The zero-order chi connectivity index (χ0) is 33.5. The van der Waals surface area contributed by atoms with Gasteiger partial charge in [-0.1, -0.05) is 133 Å². The molecule has 0 atom stereocenters. The normalized spacial score (nSPS) is 12.0. The third kappa shape index (κ3) is 4.17. The quantitative estimate of drug-likeness (QED) is 0.168. The predicted molar refractivity (Wildman–Crippen MR) is 217 cm³/mol. The molecule has 51 heavy (non-hydrogen) atoms. The van der Waals surface area contributed by atoms with Crippen LogP contribution in [0.3, 0.4) is 0 Å². The Morgan fingerprint density at radius 3 is 1.45 bits per heavy atom. The molecule has 238 valence electrons. The molecule has 0 N–H and O–H groups in total. The lowest BCUT2D eigenvalue weighted by Crippen LogP contribution is -2.01. The van der Waals surface area contributed by atoms with Crippen molar-refractivity contribution < 1.29 is 0 Å². The number of hydrogen-bond donors (Lipinski definition) is 0. The summed E-state index contributed by atoms with van der Waals surface area (Å²) in [6.45, 7) is 0.786. The van der Waals surface area contributed by atoms with E-state index in [-0.39, 0.29) is 0 Å². The summed E-state index contributed by atoms with van der Waals surface area (Å²) in [5, 5.41) is 13.0. The average molecular weight is 649 g/mol. The molecule has 0 saturated carbocycles.